The van der Waals surface area contributed by atoms with E-state index >= 15 is 0 Å². The van der Waals surface area contributed by atoms with Crippen molar-refractivity contribution in [1.82, 2.24) is 9.13 Å². The zero-order valence-electron chi connectivity index (χ0n) is 19.7. The molecule has 0 bridgehead atoms. The number of hydrogen-bond acceptors (Lipinski definition) is 9. The van der Waals surface area contributed by atoms with Gasteiger partial charge in [-0.25, -0.2) is 14.0 Å². The molecule has 12 heteroatoms. The maximum absolute atomic E-state index is 14.0. The lowest BCUT2D eigenvalue weighted by atomic mass is 9.85. The predicted molar refractivity (Wildman–Crippen MR) is 128 cm³/mol. The number of nitrogens with zero attached hydrogens (tertiary/aromatic N) is 2. The Morgan fingerprint density at radius 2 is 1.56 bits per heavy atom. The first-order valence-corrected chi connectivity index (χ1v) is 10.5. The summed E-state index contributed by atoms with van der Waals surface area (Å²) in [4.78, 5) is 39.0. The number of aromatic nitrogens is 2. The Bertz CT molecular complexity index is 1680. The highest BCUT2D eigenvalue weighted by molar-refractivity contribution is 5.85. The van der Waals surface area contributed by atoms with Gasteiger partial charge in [0.05, 0.1) is 36.7 Å². The summed E-state index contributed by atoms with van der Waals surface area (Å²) in [5.74, 6) is -3.64. The molecule has 11 nitrogen and oxygen atoms in total. The third-order valence-corrected chi connectivity index (χ3v) is 6.03. The van der Waals surface area contributed by atoms with Crippen molar-refractivity contribution >= 4 is 16.8 Å². The molecule has 0 spiro atoms. The molecule has 1 atom stereocenters. The van der Waals surface area contributed by atoms with Crippen LogP contribution in [0.2, 0.25) is 0 Å². The van der Waals surface area contributed by atoms with Gasteiger partial charge in [-0.05, 0) is 35.9 Å². The maximum Gasteiger partial charge on any atom is 0.344 e. The zero-order chi connectivity index (χ0) is 26.5. The molecule has 4 rings (SSSR count). The van der Waals surface area contributed by atoms with E-state index in [1.54, 1.807) is 0 Å². The van der Waals surface area contributed by atoms with Crippen molar-refractivity contribution in [3.63, 3.8) is 0 Å². The molecule has 2 aromatic carbocycles. The molecule has 0 amide bonds. The van der Waals surface area contributed by atoms with Crippen LogP contribution in [0.15, 0.2) is 49.1 Å². The number of methoxy groups -OCH3 is 2. The molecular formula is C24H22FN3O8. The van der Waals surface area contributed by atoms with Gasteiger partial charge in [0.1, 0.15) is 23.0 Å². The van der Waals surface area contributed by atoms with Crippen molar-refractivity contribution in [3.05, 3.63) is 84.1 Å². The van der Waals surface area contributed by atoms with Crippen LogP contribution in [0.1, 0.15) is 22.6 Å². The van der Waals surface area contributed by atoms with Crippen molar-refractivity contribution < 1.29 is 28.5 Å². The Kier molecular flexibility index (Phi) is 5.96. The highest BCUT2D eigenvalue weighted by Crippen LogP contribution is 2.44. The van der Waals surface area contributed by atoms with Crippen LogP contribution in [0, 0.1) is 5.82 Å². The molecule has 4 N–H and O–H groups in total. The predicted octanol–water partition coefficient (Wildman–Crippen LogP) is 1.52. The van der Waals surface area contributed by atoms with Gasteiger partial charge in [-0.1, -0.05) is 0 Å². The summed E-state index contributed by atoms with van der Waals surface area (Å²) in [5, 5.41) is 21.4. The first-order chi connectivity index (χ1) is 17.0. The molecule has 2 heterocycles. The van der Waals surface area contributed by atoms with Crippen LogP contribution in [0.3, 0.4) is 0 Å². The first-order valence-electron chi connectivity index (χ1n) is 10.5. The SMILES string of the molecule is COc1cc(C(c2c(O)c3cc(F)ccc3oc2=O)c2c(N)n(C)c(=O)n(C)c2=O)cc(OC)c1O. The molecule has 1 unspecified atom stereocenters. The molecule has 188 valence electrons. The van der Waals surface area contributed by atoms with E-state index in [0.717, 1.165) is 21.3 Å². The van der Waals surface area contributed by atoms with Gasteiger partial charge in [0.15, 0.2) is 11.5 Å². The normalized spacial score (nSPS) is 12.0. The van der Waals surface area contributed by atoms with Gasteiger partial charge in [-0.15, -0.1) is 0 Å². The number of benzene rings is 2. The van der Waals surface area contributed by atoms with Crippen molar-refractivity contribution in [3.8, 4) is 23.0 Å². The number of anilines is 1. The lowest BCUT2D eigenvalue weighted by molar-refractivity contribution is 0.339. The van der Waals surface area contributed by atoms with Crippen molar-refractivity contribution in [2.24, 2.45) is 14.1 Å². The second kappa shape index (κ2) is 8.80. The largest absolute Gasteiger partial charge is 0.507 e. The Hall–Kier alpha value is -4.74. The number of rotatable bonds is 5. The molecule has 0 fully saturated rings. The zero-order valence-corrected chi connectivity index (χ0v) is 19.7. The number of nitrogens with two attached hydrogens (primary N) is 1. The topological polar surface area (TPSA) is 159 Å². The van der Waals surface area contributed by atoms with Gasteiger partial charge in [0, 0.05) is 14.1 Å². The number of halogens is 1. The number of phenolic OH excluding ortho intramolecular Hbond substituents is 1. The molecule has 0 aliphatic carbocycles. The van der Waals surface area contributed by atoms with Crippen LogP contribution < -0.4 is 32.1 Å². The van der Waals surface area contributed by atoms with Crippen LogP contribution in [0.4, 0.5) is 10.2 Å². The van der Waals surface area contributed by atoms with Crippen molar-refractivity contribution in [2.45, 2.75) is 5.92 Å². The third-order valence-electron chi connectivity index (χ3n) is 6.03. The second-order valence-electron chi connectivity index (χ2n) is 8.00. The summed E-state index contributed by atoms with van der Waals surface area (Å²) >= 11 is 0. The molecule has 0 aliphatic rings. The summed E-state index contributed by atoms with van der Waals surface area (Å²) in [6, 6.07) is 5.81. The van der Waals surface area contributed by atoms with Gasteiger partial charge >= 0.3 is 11.3 Å². The van der Waals surface area contributed by atoms with Gasteiger partial charge in [-0.2, -0.15) is 0 Å². The van der Waals surface area contributed by atoms with E-state index in [1.807, 2.05) is 0 Å². The van der Waals surface area contributed by atoms with Crippen molar-refractivity contribution in [2.75, 3.05) is 20.0 Å². The summed E-state index contributed by atoms with van der Waals surface area (Å²) in [6.07, 6.45) is 0. The molecule has 0 saturated carbocycles. The first kappa shape index (κ1) is 24.4. The molecule has 0 aliphatic heterocycles. The third kappa shape index (κ3) is 3.63. The fourth-order valence-corrected chi connectivity index (χ4v) is 4.14. The maximum atomic E-state index is 14.0. The Morgan fingerprint density at radius 3 is 2.14 bits per heavy atom. The average molecular weight is 499 g/mol. The minimum atomic E-state index is -1.46. The van der Waals surface area contributed by atoms with E-state index in [1.165, 1.54) is 46.5 Å². The van der Waals surface area contributed by atoms with Crippen LogP contribution in [-0.2, 0) is 14.1 Å². The fraction of sp³-hybridized carbons (Fsp3) is 0.208. The van der Waals surface area contributed by atoms with Gasteiger partial charge in [0.2, 0.25) is 5.75 Å². The highest BCUT2D eigenvalue weighted by Gasteiger charge is 2.33. The standard InChI is InChI=1S/C24H22FN3O8/c1-27-21(26)18(22(31)28(2)24(27)33)16(10-7-14(34-3)20(30)15(8-10)35-4)17-19(29)12-9-11(25)5-6-13(12)36-23(17)32/h5-9,16,29-30H,26H2,1-4H3. The number of nitrogen functional groups attached to an aromatic ring is 1. The molecular weight excluding hydrogens is 477 g/mol. The van der Waals surface area contributed by atoms with Crippen LogP contribution in [0.25, 0.3) is 11.0 Å². The highest BCUT2D eigenvalue weighted by atomic mass is 19.1. The quantitative estimate of drug-likeness (QED) is 0.346. The van der Waals surface area contributed by atoms with Crippen molar-refractivity contribution in [1.29, 1.82) is 0 Å². The molecule has 36 heavy (non-hydrogen) atoms. The number of hydrogen-bond donors (Lipinski definition) is 3. The summed E-state index contributed by atoms with van der Waals surface area (Å²) < 4.78 is 31.6. The number of phenols is 1. The summed E-state index contributed by atoms with van der Waals surface area (Å²) in [6.45, 7) is 0. The summed E-state index contributed by atoms with van der Waals surface area (Å²) in [7, 11) is 5.10. The number of ether oxygens (including phenoxy) is 2. The van der Waals surface area contributed by atoms with E-state index in [0.29, 0.717) is 0 Å². The fourth-order valence-electron chi connectivity index (χ4n) is 4.14. The number of fused-ring (bicyclic) bond motifs is 1. The smallest absolute Gasteiger partial charge is 0.344 e. The number of aromatic hydroxyl groups is 2. The van der Waals surface area contributed by atoms with Crippen LogP contribution in [0.5, 0.6) is 23.0 Å². The lowest BCUT2D eigenvalue weighted by Crippen LogP contribution is -2.41. The minimum absolute atomic E-state index is 0.0784. The minimum Gasteiger partial charge on any atom is -0.507 e. The second-order valence-corrected chi connectivity index (χ2v) is 8.00. The Morgan fingerprint density at radius 1 is 0.944 bits per heavy atom. The molecule has 2 aromatic heterocycles. The van der Waals surface area contributed by atoms with Crippen LogP contribution in [-0.4, -0.2) is 33.6 Å². The summed E-state index contributed by atoms with van der Waals surface area (Å²) in [5.41, 5.74) is 2.88. The van der Waals surface area contributed by atoms with E-state index in [-0.39, 0.29) is 45.2 Å². The molecule has 0 saturated heterocycles. The molecule has 0 radical (unpaired) electrons. The average Bonchev–Trinajstić information content (AvgIpc) is 2.86. The van der Waals surface area contributed by atoms with Gasteiger partial charge < -0.3 is 29.8 Å². The lowest BCUT2D eigenvalue weighted by Gasteiger charge is -2.23. The Labute approximate surface area is 202 Å². The Balaban J connectivity index is 2.23. The van der Waals surface area contributed by atoms with Gasteiger partial charge in [0.25, 0.3) is 5.56 Å². The van der Waals surface area contributed by atoms with E-state index < -0.39 is 39.9 Å². The van der Waals surface area contributed by atoms with Crippen LogP contribution >= 0.6 is 0 Å². The van der Waals surface area contributed by atoms with E-state index in [2.05, 4.69) is 0 Å². The van der Waals surface area contributed by atoms with E-state index in [9.17, 15) is 29.0 Å². The molecule has 4 aromatic rings. The van der Waals surface area contributed by atoms with E-state index in [4.69, 9.17) is 19.6 Å². The monoisotopic (exact) mass is 499 g/mol. The van der Waals surface area contributed by atoms with Gasteiger partial charge in [-0.3, -0.25) is 13.9 Å².